The van der Waals surface area contributed by atoms with Crippen molar-refractivity contribution in [3.63, 3.8) is 0 Å². The highest BCUT2D eigenvalue weighted by Gasteiger charge is 2.42. The maximum Gasteiger partial charge on any atom is 0.146 e. The molecule has 15 heavy (non-hydrogen) atoms. The summed E-state index contributed by atoms with van der Waals surface area (Å²) in [6.07, 6.45) is 2.44. The van der Waals surface area contributed by atoms with Crippen LogP contribution in [0, 0.1) is 11.2 Å². The highest BCUT2D eigenvalue weighted by atomic mass is 32.1. The minimum atomic E-state index is -0.144. The molecule has 1 aromatic carbocycles. The van der Waals surface area contributed by atoms with Gasteiger partial charge in [-0.2, -0.15) is 12.6 Å². The van der Waals surface area contributed by atoms with Gasteiger partial charge in [-0.15, -0.1) is 0 Å². The molecule has 0 saturated heterocycles. The first kappa shape index (κ1) is 10.8. The van der Waals surface area contributed by atoms with Gasteiger partial charge in [0.2, 0.25) is 0 Å². The van der Waals surface area contributed by atoms with E-state index in [2.05, 4.69) is 12.6 Å². The molecule has 2 rings (SSSR count). The molecule has 0 unspecified atom stereocenters. The van der Waals surface area contributed by atoms with Gasteiger partial charge in [-0.3, -0.25) is 0 Å². The molecule has 1 nitrogen and oxygen atoms in total. The van der Waals surface area contributed by atoms with Crippen LogP contribution in [0.5, 0.6) is 0 Å². The van der Waals surface area contributed by atoms with Crippen molar-refractivity contribution in [1.29, 1.82) is 0 Å². The number of rotatable bonds is 4. The molecule has 0 bridgehead atoms. The maximum atomic E-state index is 13.5. The van der Waals surface area contributed by atoms with Crippen LogP contribution in [0.1, 0.15) is 12.8 Å². The van der Waals surface area contributed by atoms with Gasteiger partial charge in [0.1, 0.15) is 5.82 Å². The lowest BCUT2D eigenvalue weighted by Gasteiger charge is -2.24. The monoisotopic (exact) mass is 225 g/mol. The summed E-state index contributed by atoms with van der Waals surface area (Å²) in [6.45, 7) is 0.900. The molecule has 0 aromatic heterocycles. The van der Waals surface area contributed by atoms with Crippen molar-refractivity contribution in [2.24, 2.45) is 5.41 Å². The Balaban J connectivity index is 2.08. The normalized spacial score (nSPS) is 17.5. The van der Waals surface area contributed by atoms with E-state index in [0.29, 0.717) is 11.1 Å². The van der Waals surface area contributed by atoms with Crippen molar-refractivity contribution in [1.82, 2.24) is 0 Å². The van der Waals surface area contributed by atoms with Crippen LogP contribution in [0.25, 0.3) is 0 Å². The fourth-order valence-corrected chi connectivity index (χ4v) is 2.31. The summed E-state index contributed by atoms with van der Waals surface area (Å²) in [5.74, 6) is 0.751. The molecule has 1 aromatic rings. The molecule has 0 radical (unpaired) electrons. The van der Waals surface area contributed by atoms with Crippen molar-refractivity contribution in [3.8, 4) is 0 Å². The minimum Gasteiger partial charge on any atom is -0.372 e. The molecule has 82 valence electrons. The lowest BCUT2D eigenvalue weighted by molar-refractivity contribution is 0.566. The molecule has 3 heteroatoms. The molecule has 1 fully saturated rings. The zero-order valence-corrected chi connectivity index (χ0v) is 9.80. The molecule has 1 aliphatic rings. The second kappa shape index (κ2) is 4.05. The third-order valence-corrected chi connectivity index (χ3v) is 3.80. The second-order valence-corrected chi connectivity index (χ2v) is 4.78. The van der Waals surface area contributed by atoms with Gasteiger partial charge in [-0.05, 0) is 36.1 Å². The zero-order valence-electron chi connectivity index (χ0n) is 8.91. The maximum absolute atomic E-state index is 13.5. The Labute approximate surface area is 95.7 Å². The van der Waals surface area contributed by atoms with E-state index in [0.717, 1.165) is 12.3 Å². The largest absolute Gasteiger partial charge is 0.372 e. The summed E-state index contributed by atoms with van der Waals surface area (Å²) in [5.41, 5.74) is 1.02. The average Bonchev–Trinajstić information content (AvgIpc) is 2.99. The molecule has 0 spiro atoms. The second-order valence-electron chi connectivity index (χ2n) is 4.47. The first-order valence-corrected chi connectivity index (χ1v) is 5.87. The zero-order chi connectivity index (χ0) is 10.9. The van der Waals surface area contributed by atoms with E-state index in [-0.39, 0.29) is 5.82 Å². The van der Waals surface area contributed by atoms with Crippen LogP contribution in [-0.2, 0) is 0 Å². The van der Waals surface area contributed by atoms with Crippen molar-refractivity contribution >= 4 is 18.3 Å². The number of nitrogens with zero attached hydrogens (tertiary/aromatic N) is 1. The van der Waals surface area contributed by atoms with E-state index in [1.165, 1.54) is 18.9 Å². The first-order chi connectivity index (χ1) is 7.17. The molecule has 1 saturated carbocycles. The minimum absolute atomic E-state index is 0.144. The molecule has 0 N–H and O–H groups in total. The smallest absolute Gasteiger partial charge is 0.146 e. The van der Waals surface area contributed by atoms with Crippen LogP contribution in [0.4, 0.5) is 10.1 Å². The number of anilines is 1. The van der Waals surface area contributed by atoms with Gasteiger partial charge >= 0.3 is 0 Å². The van der Waals surface area contributed by atoms with Crippen LogP contribution < -0.4 is 4.90 Å². The average molecular weight is 225 g/mol. The Morgan fingerprint density at radius 3 is 2.60 bits per heavy atom. The third-order valence-electron chi connectivity index (χ3n) is 3.13. The predicted molar refractivity (Wildman–Crippen MR) is 65.2 cm³/mol. The topological polar surface area (TPSA) is 3.24 Å². The molecule has 0 atom stereocenters. The quantitative estimate of drug-likeness (QED) is 0.771. The van der Waals surface area contributed by atoms with Crippen LogP contribution in [0.15, 0.2) is 24.3 Å². The van der Waals surface area contributed by atoms with Crippen molar-refractivity contribution < 1.29 is 4.39 Å². The van der Waals surface area contributed by atoms with E-state index in [4.69, 9.17) is 0 Å². The third kappa shape index (κ3) is 2.28. The molecule has 0 aliphatic heterocycles. The molecular weight excluding hydrogens is 209 g/mol. The lowest BCUT2D eigenvalue weighted by atomic mass is 10.1. The van der Waals surface area contributed by atoms with Crippen LogP contribution >= 0.6 is 12.6 Å². The van der Waals surface area contributed by atoms with Crippen LogP contribution in [-0.4, -0.2) is 19.3 Å². The Hall–Kier alpha value is -0.700. The summed E-state index contributed by atoms with van der Waals surface area (Å²) in [4.78, 5) is 2.00. The van der Waals surface area contributed by atoms with E-state index >= 15 is 0 Å². The van der Waals surface area contributed by atoms with Gasteiger partial charge in [0.15, 0.2) is 0 Å². The number of hydrogen-bond acceptors (Lipinski definition) is 2. The number of halogens is 1. The van der Waals surface area contributed by atoms with Gasteiger partial charge in [0, 0.05) is 13.6 Å². The Morgan fingerprint density at radius 1 is 1.40 bits per heavy atom. The number of benzene rings is 1. The van der Waals surface area contributed by atoms with Gasteiger partial charge in [0.25, 0.3) is 0 Å². The fraction of sp³-hybridized carbons (Fsp3) is 0.500. The molecule has 0 heterocycles. The Kier molecular flexibility index (Phi) is 2.91. The number of para-hydroxylation sites is 1. The van der Waals surface area contributed by atoms with Gasteiger partial charge in [-0.1, -0.05) is 12.1 Å². The highest BCUT2D eigenvalue weighted by Crippen LogP contribution is 2.47. The Bertz CT molecular complexity index is 349. The van der Waals surface area contributed by atoms with Crippen molar-refractivity contribution in [2.45, 2.75) is 12.8 Å². The molecule has 1 aliphatic carbocycles. The van der Waals surface area contributed by atoms with Crippen molar-refractivity contribution in [2.75, 3.05) is 24.2 Å². The fourth-order valence-electron chi connectivity index (χ4n) is 1.89. The van der Waals surface area contributed by atoms with E-state index in [9.17, 15) is 4.39 Å². The summed E-state index contributed by atoms with van der Waals surface area (Å²) < 4.78 is 13.5. The van der Waals surface area contributed by atoms with E-state index < -0.39 is 0 Å². The van der Waals surface area contributed by atoms with E-state index in [1.807, 2.05) is 24.1 Å². The standard InChI is InChI=1S/C12H16FNS/c1-14(8-12(9-15)6-7-12)11-5-3-2-4-10(11)13/h2-5,15H,6-9H2,1H3. The highest BCUT2D eigenvalue weighted by molar-refractivity contribution is 7.80. The molecular formula is C12H16FNS. The Morgan fingerprint density at radius 2 is 2.07 bits per heavy atom. The van der Waals surface area contributed by atoms with E-state index in [1.54, 1.807) is 6.07 Å². The van der Waals surface area contributed by atoms with Gasteiger partial charge in [-0.25, -0.2) is 4.39 Å². The summed E-state index contributed by atoms with van der Waals surface area (Å²) >= 11 is 4.36. The number of thiol groups is 1. The number of hydrogen-bond donors (Lipinski definition) is 1. The first-order valence-electron chi connectivity index (χ1n) is 5.23. The molecule has 0 amide bonds. The van der Waals surface area contributed by atoms with Gasteiger partial charge in [0.05, 0.1) is 5.69 Å². The summed E-state index contributed by atoms with van der Waals surface area (Å²) in [6, 6.07) is 6.92. The van der Waals surface area contributed by atoms with Crippen molar-refractivity contribution in [3.05, 3.63) is 30.1 Å². The summed E-state index contributed by atoms with van der Waals surface area (Å²) in [5, 5.41) is 0. The SMILES string of the molecule is CN(CC1(CS)CC1)c1ccccc1F. The van der Waals surface area contributed by atoms with Crippen LogP contribution in [0.2, 0.25) is 0 Å². The summed E-state index contributed by atoms with van der Waals surface area (Å²) in [7, 11) is 1.95. The lowest BCUT2D eigenvalue weighted by Crippen LogP contribution is -2.28. The van der Waals surface area contributed by atoms with Gasteiger partial charge < -0.3 is 4.90 Å². The van der Waals surface area contributed by atoms with Crippen LogP contribution in [0.3, 0.4) is 0 Å². The predicted octanol–water partition coefficient (Wildman–Crippen LogP) is 2.97.